The predicted molar refractivity (Wildman–Crippen MR) is 78.4 cm³/mol. The van der Waals surface area contributed by atoms with E-state index in [0.717, 1.165) is 38.0 Å². The van der Waals surface area contributed by atoms with Crippen molar-refractivity contribution in [2.45, 2.75) is 25.6 Å². The number of hydrogen-bond acceptors (Lipinski definition) is 3. The first kappa shape index (κ1) is 15.4. The van der Waals surface area contributed by atoms with Crippen molar-refractivity contribution in [2.24, 2.45) is 0 Å². The van der Waals surface area contributed by atoms with E-state index in [2.05, 4.69) is 16.7 Å². The van der Waals surface area contributed by atoms with Crippen LogP contribution in [0.1, 0.15) is 12.5 Å². The molecule has 1 saturated heterocycles. The van der Waals surface area contributed by atoms with Gasteiger partial charge in [-0.2, -0.15) is 0 Å². The monoisotopic (exact) mass is 298 g/mol. The van der Waals surface area contributed by atoms with Crippen molar-refractivity contribution < 1.29 is 9.18 Å². The summed E-state index contributed by atoms with van der Waals surface area (Å²) in [4.78, 5) is 15.5. The summed E-state index contributed by atoms with van der Waals surface area (Å²) >= 11 is 5.83. The van der Waals surface area contributed by atoms with E-state index in [9.17, 15) is 9.18 Å². The molecule has 110 valence electrons. The zero-order valence-corrected chi connectivity index (χ0v) is 12.4. The van der Waals surface area contributed by atoms with Crippen LogP contribution >= 0.6 is 11.6 Å². The molecule has 5 heteroatoms. The second kappa shape index (κ2) is 7.16. The van der Waals surface area contributed by atoms with E-state index in [1.165, 1.54) is 12.1 Å². The largest absolute Gasteiger partial charge is 0.302 e. The van der Waals surface area contributed by atoms with Gasteiger partial charge in [0.1, 0.15) is 12.1 Å². The summed E-state index contributed by atoms with van der Waals surface area (Å²) in [5.41, 5.74) is 1.11. The molecule has 1 heterocycles. The number of nitrogens with zero attached hydrogens (tertiary/aromatic N) is 2. The van der Waals surface area contributed by atoms with Gasteiger partial charge in [0.05, 0.1) is 6.04 Å². The molecule has 1 aromatic rings. The summed E-state index contributed by atoms with van der Waals surface area (Å²) in [7, 11) is 0. The van der Waals surface area contributed by atoms with Gasteiger partial charge in [-0.05, 0) is 24.6 Å². The zero-order valence-electron chi connectivity index (χ0n) is 11.6. The highest BCUT2D eigenvalue weighted by molar-refractivity contribution is 6.19. The van der Waals surface area contributed by atoms with Gasteiger partial charge >= 0.3 is 0 Å². The van der Waals surface area contributed by atoms with Crippen LogP contribution in [0.4, 0.5) is 4.39 Å². The molecule has 2 rings (SSSR count). The first-order chi connectivity index (χ1) is 9.63. The van der Waals surface area contributed by atoms with Crippen LogP contribution in [-0.2, 0) is 11.3 Å². The topological polar surface area (TPSA) is 23.6 Å². The van der Waals surface area contributed by atoms with Crippen molar-refractivity contribution in [2.75, 3.05) is 25.5 Å². The average Bonchev–Trinajstić information content (AvgIpc) is 2.45. The van der Waals surface area contributed by atoms with Gasteiger partial charge in [-0.15, -0.1) is 11.6 Å². The molecule has 1 aliphatic rings. The lowest BCUT2D eigenvalue weighted by Gasteiger charge is -2.42. The Kier molecular flexibility index (Phi) is 5.52. The first-order valence-electron chi connectivity index (χ1n) is 6.88. The minimum Gasteiger partial charge on any atom is -0.302 e. The van der Waals surface area contributed by atoms with E-state index in [-0.39, 0.29) is 17.9 Å². The lowest BCUT2D eigenvalue weighted by atomic mass is 10.1. The molecular weight excluding hydrogens is 279 g/mol. The molecular formula is C15H20ClFN2O. The number of benzene rings is 1. The molecule has 0 aromatic heterocycles. The van der Waals surface area contributed by atoms with Gasteiger partial charge < -0.3 is 4.79 Å². The van der Waals surface area contributed by atoms with Crippen LogP contribution in [0.25, 0.3) is 0 Å². The second-order valence-corrected chi connectivity index (χ2v) is 5.61. The zero-order chi connectivity index (χ0) is 14.5. The molecule has 1 fully saturated rings. The Morgan fingerprint density at radius 1 is 1.40 bits per heavy atom. The van der Waals surface area contributed by atoms with Crippen LogP contribution in [0.3, 0.4) is 0 Å². The Bertz CT molecular complexity index is 440. The number of hydrogen-bond donors (Lipinski definition) is 0. The summed E-state index contributed by atoms with van der Waals surface area (Å²) in [6, 6.07) is 6.71. The van der Waals surface area contributed by atoms with E-state index in [1.54, 1.807) is 0 Å². The Morgan fingerprint density at radius 3 is 2.65 bits per heavy atom. The van der Waals surface area contributed by atoms with Crippen molar-refractivity contribution in [1.29, 1.82) is 0 Å². The molecule has 0 spiro atoms. The number of carbonyl (C=O) groups is 1. The highest BCUT2D eigenvalue weighted by Crippen LogP contribution is 2.16. The lowest BCUT2D eigenvalue weighted by Crippen LogP contribution is -2.56. The standard InChI is InChI=1S/C15H20ClFN2O/c1-12-9-18(6-7-19(12)15(8-16)11-20)10-13-2-4-14(17)5-3-13/h2-5,11-12,15H,6-10H2,1H3/t12-,15?/m1/s1. The minimum absolute atomic E-state index is 0.195. The summed E-state index contributed by atoms with van der Waals surface area (Å²) < 4.78 is 12.9. The highest BCUT2D eigenvalue weighted by Gasteiger charge is 2.28. The molecule has 0 aliphatic carbocycles. The van der Waals surface area contributed by atoms with Crippen LogP contribution in [-0.4, -0.2) is 53.7 Å². The van der Waals surface area contributed by atoms with E-state index in [0.29, 0.717) is 5.88 Å². The van der Waals surface area contributed by atoms with Gasteiger partial charge in [0, 0.05) is 38.1 Å². The average molecular weight is 299 g/mol. The van der Waals surface area contributed by atoms with Crippen molar-refractivity contribution in [3.63, 3.8) is 0 Å². The molecule has 0 N–H and O–H groups in total. The van der Waals surface area contributed by atoms with E-state index < -0.39 is 0 Å². The summed E-state index contributed by atoms with van der Waals surface area (Å²) in [6.07, 6.45) is 0.930. The quantitative estimate of drug-likeness (QED) is 0.615. The van der Waals surface area contributed by atoms with E-state index in [4.69, 9.17) is 11.6 Å². The molecule has 0 saturated carbocycles. The molecule has 0 radical (unpaired) electrons. The number of aldehydes is 1. The molecule has 1 aromatic carbocycles. The maximum absolute atomic E-state index is 12.9. The lowest BCUT2D eigenvalue weighted by molar-refractivity contribution is -0.113. The Morgan fingerprint density at radius 2 is 2.10 bits per heavy atom. The smallest absolute Gasteiger partial charge is 0.138 e. The molecule has 3 nitrogen and oxygen atoms in total. The Hall–Kier alpha value is -0.970. The Labute approximate surface area is 124 Å². The molecule has 1 unspecified atom stereocenters. The van der Waals surface area contributed by atoms with Gasteiger partial charge in [-0.25, -0.2) is 4.39 Å². The number of carbonyl (C=O) groups excluding carboxylic acids is 1. The number of rotatable bonds is 5. The molecule has 1 aliphatic heterocycles. The number of alkyl halides is 1. The molecule has 20 heavy (non-hydrogen) atoms. The van der Waals surface area contributed by atoms with Crippen LogP contribution in [0.15, 0.2) is 24.3 Å². The van der Waals surface area contributed by atoms with E-state index in [1.807, 2.05) is 12.1 Å². The number of piperazine rings is 1. The molecule has 2 atom stereocenters. The van der Waals surface area contributed by atoms with Crippen molar-refractivity contribution in [3.05, 3.63) is 35.6 Å². The third-order valence-electron chi connectivity index (χ3n) is 3.82. The van der Waals surface area contributed by atoms with Gasteiger partial charge in [-0.3, -0.25) is 9.80 Å². The fourth-order valence-electron chi connectivity index (χ4n) is 2.73. The van der Waals surface area contributed by atoms with Gasteiger partial charge in [-0.1, -0.05) is 12.1 Å². The van der Waals surface area contributed by atoms with Gasteiger partial charge in [0.25, 0.3) is 0 Å². The Balaban J connectivity index is 1.92. The molecule has 0 bridgehead atoms. The minimum atomic E-state index is -0.206. The fourth-order valence-corrected chi connectivity index (χ4v) is 2.98. The fraction of sp³-hybridized carbons (Fsp3) is 0.533. The second-order valence-electron chi connectivity index (χ2n) is 5.31. The summed E-state index contributed by atoms with van der Waals surface area (Å²) in [6.45, 7) is 5.53. The maximum Gasteiger partial charge on any atom is 0.138 e. The van der Waals surface area contributed by atoms with E-state index >= 15 is 0 Å². The highest BCUT2D eigenvalue weighted by atomic mass is 35.5. The summed E-state index contributed by atoms with van der Waals surface area (Å²) in [5, 5.41) is 0. The van der Waals surface area contributed by atoms with Crippen molar-refractivity contribution >= 4 is 17.9 Å². The maximum atomic E-state index is 12.9. The van der Waals surface area contributed by atoms with Crippen LogP contribution in [0.5, 0.6) is 0 Å². The third-order valence-corrected chi connectivity index (χ3v) is 4.14. The summed E-state index contributed by atoms with van der Waals surface area (Å²) in [5.74, 6) is 0.133. The first-order valence-corrected chi connectivity index (χ1v) is 7.41. The van der Waals surface area contributed by atoms with Gasteiger partial charge in [0.2, 0.25) is 0 Å². The third kappa shape index (κ3) is 3.78. The normalized spacial score (nSPS) is 22.6. The van der Waals surface area contributed by atoms with Crippen molar-refractivity contribution in [3.8, 4) is 0 Å². The SMILES string of the molecule is C[C@@H]1CN(Cc2ccc(F)cc2)CCN1C(C=O)CCl. The van der Waals surface area contributed by atoms with Crippen LogP contribution in [0, 0.1) is 5.82 Å². The van der Waals surface area contributed by atoms with Crippen LogP contribution in [0.2, 0.25) is 0 Å². The number of halogens is 2. The molecule has 0 amide bonds. The van der Waals surface area contributed by atoms with Gasteiger partial charge in [0.15, 0.2) is 0 Å². The van der Waals surface area contributed by atoms with Crippen LogP contribution < -0.4 is 0 Å². The predicted octanol–water partition coefficient (Wildman–Crippen LogP) is 2.14. The van der Waals surface area contributed by atoms with Crippen molar-refractivity contribution in [1.82, 2.24) is 9.80 Å².